The third-order valence-electron chi connectivity index (χ3n) is 2.31. The van der Waals surface area contributed by atoms with Gasteiger partial charge < -0.3 is 5.32 Å². The van der Waals surface area contributed by atoms with Crippen molar-refractivity contribution in [1.82, 2.24) is 5.32 Å². The van der Waals surface area contributed by atoms with Gasteiger partial charge in [-0.05, 0) is 26.3 Å². The van der Waals surface area contributed by atoms with Gasteiger partial charge in [-0.3, -0.25) is 4.79 Å². The molecule has 0 aliphatic heterocycles. The highest BCUT2D eigenvalue weighted by Crippen LogP contribution is 2.20. The fourth-order valence-corrected chi connectivity index (χ4v) is 1.63. The van der Waals surface area contributed by atoms with E-state index in [0.717, 1.165) is 5.56 Å². The summed E-state index contributed by atoms with van der Waals surface area (Å²) in [6, 6.07) is 8.18. The predicted molar refractivity (Wildman–Crippen MR) is 66.1 cm³/mol. The van der Waals surface area contributed by atoms with Gasteiger partial charge in [0.05, 0.1) is 10.9 Å². The number of rotatable bonds is 3. The van der Waals surface area contributed by atoms with E-state index in [1.807, 2.05) is 39.0 Å². The summed E-state index contributed by atoms with van der Waals surface area (Å²) in [7, 11) is 0. The molecule has 3 heteroatoms. The van der Waals surface area contributed by atoms with E-state index in [-0.39, 0.29) is 11.4 Å². The summed E-state index contributed by atoms with van der Waals surface area (Å²) >= 11 is 3.14. The molecule has 0 fully saturated rings. The van der Waals surface area contributed by atoms with Crippen LogP contribution < -0.4 is 5.32 Å². The zero-order chi connectivity index (χ0) is 11.5. The maximum Gasteiger partial charge on any atom is 0.231 e. The molecule has 0 aliphatic carbocycles. The van der Waals surface area contributed by atoms with Gasteiger partial charge in [0.15, 0.2) is 0 Å². The second kappa shape index (κ2) is 4.79. The van der Waals surface area contributed by atoms with Crippen LogP contribution in [0.2, 0.25) is 0 Å². The van der Waals surface area contributed by atoms with Crippen molar-refractivity contribution in [2.75, 3.05) is 5.33 Å². The summed E-state index contributed by atoms with van der Waals surface area (Å²) in [5.74, 6) is 0.00139. The van der Waals surface area contributed by atoms with Crippen LogP contribution in [0, 0.1) is 6.92 Å². The molecule has 15 heavy (non-hydrogen) atoms. The average molecular weight is 270 g/mol. The number of amides is 1. The lowest BCUT2D eigenvalue weighted by Gasteiger charge is -2.27. The first-order valence-corrected chi connectivity index (χ1v) is 6.02. The summed E-state index contributed by atoms with van der Waals surface area (Å²) < 4.78 is 0. The standard InChI is InChI=1S/C12H16BrNO/c1-9-5-4-6-10(7-9)12(2,3)14-11(15)8-13/h4-7H,8H2,1-3H3,(H,14,15). The Morgan fingerprint density at radius 2 is 2.13 bits per heavy atom. The van der Waals surface area contributed by atoms with Crippen LogP contribution in [0.3, 0.4) is 0 Å². The van der Waals surface area contributed by atoms with Gasteiger partial charge in [-0.15, -0.1) is 0 Å². The normalized spacial score (nSPS) is 11.2. The molecule has 0 atom stereocenters. The van der Waals surface area contributed by atoms with Crippen molar-refractivity contribution in [3.63, 3.8) is 0 Å². The highest BCUT2D eigenvalue weighted by molar-refractivity contribution is 9.09. The van der Waals surface area contributed by atoms with E-state index in [0.29, 0.717) is 5.33 Å². The van der Waals surface area contributed by atoms with E-state index in [9.17, 15) is 4.79 Å². The maximum absolute atomic E-state index is 11.3. The molecule has 0 bridgehead atoms. The van der Waals surface area contributed by atoms with Crippen LogP contribution in [0.4, 0.5) is 0 Å². The Morgan fingerprint density at radius 3 is 2.67 bits per heavy atom. The van der Waals surface area contributed by atoms with E-state index >= 15 is 0 Å². The zero-order valence-electron chi connectivity index (χ0n) is 9.30. The SMILES string of the molecule is Cc1cccc(C(C)(C)NC(=O)CBr)c1. The Balaban J connectivity index is 2.90. The smallest absolute Gasteiger partial charge is 0.231 e. The average Bonchev–Trinajstić information content (AvgIpc) is 2.17. The van der Waals surface area contributed by atoms with Crippen molar-refractivity contribution in [2.45, 2.75) is 26.3 Å². The van der Waals surface area contributed by atoms with Gasteiger partial charge in [0, 0.05) is 0 Å². The maximum atomic E-state index is 11.3. The minimum atomic E-state index is -0.323. The fraction of sp³-hybridized carbons (Fsp3) is 0.417. The summed E-state index contributed by atoms with van der Waals surface area (Å²) in [6.45, 7) is 6.05. The molecule has 1 rings (SSSR count). The molecule has 1 N–H and O–H groups in total. The highest BCUT2D eigenvalue weighted by Gasteiger charge is 2.21. The van der Waals surface area contributed by atoms with E-state index in [2.05, 4.69) is 27.3 Å². The number of halogens is 1. The molecule has 2 nitrogen and oxygen atoms in total. The van der Waals surface area contributed by atoms with Gasteiger partial charge in [-0.25, -0.2) is 0 Å². The van der Waals surface area contributed by atoms with Crippen molar-refractivity contribution in [3.05, 3.63) is 35.4 Å². The summed E-state index contributed by atoms with van der Waals surface area (Å²) in [6.07, 6.45) is 0. The molecular formula is C12H16BrNO. The van der Waals surface area contributed by atoms with Crippen LogP contribution in [0.1, 0.15) is 25.0 Å². The summed E-state index contributed by atoms with van der Waals surface area (Å²) in [5, 5.41) is 3.30. The molecule has 0 unspecified atom stereocenters. The molecule has 1 amide bonds. The van der Waals surface area contributed by atoms with Crippen molar-refractivity contribution >= 4 is 21.8 Å². The number of carbonyl (C=O) groups excluding carboxylic acids is 1. The largest absolute Gasteiger partial charge is 0.346 e. The van der Waals surface area contributed by atoms with E-state index in [1.54, 1.807) is 0 Å². The van der Waals surface area contributed by atoms with E-state index < -0.39 is 0 Å². The third kappa shape index (κ3) is 3.34. The van der Waals surface area contributed by atoms with E-state index in [4.69, 9.17) is 0 Å². The number of alkyl halides is 1. The van der Waals surface area contributed by atoms with Crippen molar-refractivity contribution < 1.29 is 4.79 Å². The lowest BCUT2D eigenvalue weighted by molar-refractivity contribution is -0.120. The third-order valence-corrected chi connectivity index (χ3v) is 2.82. The Kier molecular flexibility index (Phi) is 3.91. The van der Waals surface area contributed by atoms with Crippen LogP contribution >= 0.6 is 15.9 Å². The quantitative estimate of drug-likeness (QED) is 0.841. The van der Waals surface area contributed by atoms with E-state index in [1.165, 1.54) is 5.56 Å². The van der Waals surface area contributed by atoms with Crippen molar-refractivity contribution in [1.29, 1.82) is 0 Å². The number of benzene rings is 1. The summed E-state index contributed by atoms with van der Waals surface area (Å²) in [4.78, 5) is 11.3. The van der Waals surface area contributed by atoms with Gasteiger partial charge in [0.2, 0.25) is 5.91 Å². The molecule has 0 aliphatic rings. The Bertz CT molecular complexity index is 360. The lowest BCUT2D eigenvalue weighted by Crippen LogP contribution is -2.41. The van der Waals surface area contributed by atoms with Crippen LogP contribution in [0.25, 0.3) is 0 Å². The first-order chi connectivity index (χ1) is 6.95. The Labute approximate surface area is 99.2 Å². The van der Waals surface area contributed by atoms with Crippen LogP contribution in [-0.4, -0.2) is 11.2 Å². The molecule has 0 saturated carbocycles. The lowest BCUT2D eigenvalue weighted by atomic mass is 9.93. The fourth-order valence-electron chi connectivity index (χ4n) is 1.49. The molecule has 0 spiro atoms. The van der Waals surface area contributed by atoms with Crippen LogP contribution in [-0.2, 0) is 10.3 Å². The second-order valence-corrected chi connectivity index (χ2v) is 4.74. The molecule has 1 aromatic carbocycles. The minimum absolute atomic E-state index is 0.00139. The van der Waals surface area contributed by atoms with Crippen LogP contribution in [0.5, 0.6) is 0 Å². The number of hydrogen-bond donors (Lipinski definition) is 1. The van der Waals surface area contributed by atoms with Gasteiger partial charge in [0.25, 0.3) is 0 Å². The van der Waals surface area contributed by atoms with Gasteiger partial charge in [-0.2, -0.15) is 0 Å². The molecule has 82 valence electrons. The number of aryl methyl sites for hydroxylation is 1. The monoisotopic (exact) mass is 269 g/mol. The van der Waals surface area contributed by atoms with Crippen LogP contribution in [0.15, 0.2) is 24.3 Å². The first kappa shape index (κ1) is 12.2. The Morgan fingerprint density at radius 1 is 1.47 bits per heavy atom. The number of carbonyl (C=O) groups is 1. The highest BCUT2D eigenvalue weighted by atomic mass is 79.9. The second-order valence-electron chi connectivity index (χ2n) is 4.18. The number of nitrogens with one attached hydrogen (secondary N) is 1. The minimum Gasteiger partial charge on any atom is -0.346 e. The van der Waals surface area contributed by atoms with Gasteiger partial charge in [0.1, 0.15) is 0 Å². The molecular weight excluding hydrogens is 254 g/mol. The molecule has 0 radical (unpaired) electrons. The van der Waals surface area contributed by atoms with Crippen molar-refractivity contribution in [3.8, 4) is 0 Å². The molecule has 0 heterocycles. The molecule has 1 aromatic rings. The molecule has 0 aromatic heterocycles. The first-order valence-electron chi connectivity index (χ1n) is 4.90. The summed E-state index contributed by atoms with van der Waals surface area (Å²) in [5.41, 5.74) is 2.00. The zero-order valence-corrected chi connectivity index (χ0v) is 10.9. The Hall–Kier alpha value is -0.830. The molecule has 0 saturated heterocycles. The topological polar surface area (TPSA) is 29.1 Å². The van der Waals surface area contributed by atoms with Crippen molar-refractivity contribution in [2.24, 2.45) is 0 Å². The van der Waals surface area contributed by atoms with Gasteiger partial charge in [-0.1, -0.05) is 45.8 Å². The predicted octanol–water partition coefficient (Wildman–Crippen LogP) is 2.74. The van der Waals surface area contributed by atoms with Gasteiger partial charge >= 0.3 is 0 Å². The number of hydrogen-bond acceptors (Lipinski definition) is 1.